The van der Waals surface area contributed by atoms with E-state index < -0.39 is 0 Å². The Kier molecular flexibility index (Phi) is 8.37. The molecule has 1 amide bonds. The Morgan fingerprint density at radius 2 is 1.69 bits per heavy atom. The van der Waals surface area contributed by atoms with E-state index >= 15 is 0 Å². The largest absolute Gasteiger partial charge is 0.497 e. The molecule has 3 N–H and O–H groups in total. The minimum Gasteiger partial charge on any atom is -0.497 e. The van der Waals surface area contributed by atoms with E-state index in [4.69, 9.17) is 4.74 Å². The first-order chi connectivity index (χ1) is 12.6. The van der Waals surface area contributed by atoms with Crippen molar-refractivity contribution in [1.82, 2.24) is 5.32 Å². The molecule has 1 aromatic rings. The molecule has 1 heterocycles. The van der Waals surface area contributed by atoms with Gasteiger partial charge in [0.25, 0.3) is 5.91 Å². The van der Waals surface area contributed by atoms with Crippen molar-refractivity contribution in [3.8, 4) is 5.75 Å². The number of nitrogens with one attached hydrogen (secondary N) is 3. The zero-order valence-corrected chi connectivity index (χ0v) is 15.8. The van der Waals surface area contributed by atoms with E-state index in [2.05, 4.69) is 22.2 Å². The summed E-state index contributed by atoms with van der Waals surface area (Å²) in [6.07, 6.45) is 0.963. The highest BCUT2D eigenvalue weighted by Gasteiger charge is 2.24. The maximum absolute atomic E-state index is 12.0. The molecule has 1 saturated heterocycles. The van der Waals surface area contributed by atoms with Gasteiger partial charge in [-0.05, 0) is 30.7 Å². The lowest BCUT2D eigenvalue weighted by Crippen LogP contribution is -3.28. The fraction of sp³-hybridized carbons (Fsp3) is 0.579. The third-order valence-electron chi connectivity index (χ3n) is 4.80. The SMILES string of the molecule is COC(=O)CCCNC(=O)C[NH+]1CC[NH+](Cc2ccc(OC)cc2)CC1. The van der Waals surface area contributed by atoms with Gasteiger partial charge in [-0.1, -0.05) is 0 Å². The molecule has 0 bridgehead atoms. The zero-order chi connectivity index (χ0) is 18.8. The van der Waals surface area contributed by atoms with Crippen LogP contribution < -0.4 is 19.9 Å². The van der Waals surface area contributed by atoms with Gasteiger partial charge < -0.3 is 24.6 Å². The van der Waals surface area contributed by atoms with Crippen molar-refractivity contribution in [2.75, 3.05) is 53.5 Å². The first kappa shape index (κ1) is 20.2. The van der Waals surface area contributed by atoms with Gasteiger partial charge in [-0.3, -0.25) is 9.59 Å². The number of rotatable bonds is 9. The number of piperazine rings is 1. The minimum absolute atomic E-state index is 0.0588. The van der Waals surface area contributed by atoms with E-state index in [1.165, 1.54) is 17.6 Å². The molecule has 144 valence electrons. The number of hydrogen-bond acceptors (Lipinski definition) is 4. The highest BCUT2D eigenvalue weighted by molar-refractivity contribution is 5.76. The van der Waals surface area contributed by atoms with Gasteiger partial charge in [-0.15, -0.1) is 0 Å². The predicted molar refractivity (Wildman–Crippen MR) is 97.2 cm³/mol. The molecule has 0 spiro atoms. The van der Waals surface area contributed by atoms with Crippen LogP contribution in [0.25, 0.3) is 0 Å². The van der Waals surface area contributed by atoms with Gasteiger partial charge in [-0.25, -0.2) is 0 Å². The molecule has 0 radical (unpaired) electrons. The van der Waals surface area contributed by atoms with Crippen LogP contribution >= 0.6 is 0 Å². The monoisotopic (exact) mass is 365 g/mol. The van der Waals surface area contributed by atoms with Gasteiger partial charge in [0.15, 0.2) is 6.54 Å². The maximum atomic E-state index is 12.0. The zero-order valence-electron chi connectivity index (χ0n) is 15.8. The van der Waals surface area contributed by atoms with Crippen LogP contribution in [0.15, 0.2) is 24.3 Å². The van der Waals surface area contributed by atoms with Gasteiger partial charge in [-0.2, -0.15) is 0 Å². The summed E-state index contributed by atoms with van der Waals surface area (Å²) in [7, 11) is 3.05. The summed E-state index contributed by atoms with van der Waals surface area (Å²) < 4.78 is 9.77. The molecule has 0 saturated carbocycles. The number of esters is 1. The smallest absolute Gasteiger partial charge is 0.305 e. The van der Waals surface area contributed by atoms with Crippen molar-refractivity contribution < 1.29 is 28.9 Å². The van der Waals surface area contributed by atoms with Crippen LogP contribution in [-0.2, 0) is 20.9 Å². The molecule has 26 heavy (non-hydrogen) atoms. The minimum atomic E-state index is -0.235. The third kappa shape index (κ3) is 7.01. The molecule has 2 rings (SSSR count). The Bertz CT molecular complexity index is 569. The molecule has 0 aromatic heterocycles. The summed E-state index contributed by atoms with van der Waals surface area (Å²) in [6, 6.07) is 8.24. The van der Waals surface area contributed by atoms with Crippen LogP contribution in [0.1, 0.15) is 18.4 Å². The Balaban J connectivity index is 1.61. The number of carbonyl (C=O) groups excluding carboxylic acids is 2. The van der Waals surface area contributed by atoms with Crippen LogP contribution in [0.3, 0.4) is 0 Å². The van der Waals surface area contributed by atoms with Crippen LogP contribution in [0.2, 0.25) is 0 Å². The van der Waals surface area contributed by atoms with Gasteiger partial charge >= 0.3 is 5.97 Å². The Morgan fingerprint density at radius 3 is 2.31 bits per heavy atom. The van der Waals surface area contributed by atoms with Crippen LogP contribution in [0.5, 0.6) is 5.75 Å². The summed E-state index contributed by atoms with van der Waals surface area (Å²) in [4.78, 5) is 25.9. The second kappa shape index (κ2) is 10.8. The molecule has 7 nitrogen and oxygen atoms in total. The van der Waals surface area contributed by atoms with Crippen molar-refractivity contribution in [3.63, 3.8) is 0 Å². The van der Waals surface area contributed by atoms with Gasteiger partial charge in [0, 0.05) is 18.5 Å². The summed E-state index contributed by atoms with van der Waals surface area (Å²) in [5.41, 5.74) is 1.31. The number of benzene rings is 1. The Hall–Kier alpha value is -2.12. The Labute approximate surface area is 155 Å². The van der Waals surface area contributed by atoms with Crippen molar-refractivity contribution in [2.45, 2.75) is 19.4 Å². The van der Waals surface area contributed by atoms with E-state index in [1.54, 1.807) is 12.0 Å². The number of hydrogen-bond donors (Lipinski definition) is 3. The molecule has 7 heteroatoms. The number of carbonyl (C=O) groups is 2. The second-order valence-electron chi connectivity index (χ2n) is 6.73. The first-order valence-corrected chi connectivity index (χ1v) is 9.24. The number of quaternary nitrogens is 2. The van der Waals surface area contributed by atoms with E-state index in [1.807, 2.05) is 12.1 Å². The molecule has 1 aliphatic heterocycles. The summed E-state index contributed by atoms with van der Waals surface area (Å²) in [5, 5.41) is 2.89. The molecule has 0 unspecified atom stereocenters. The summed E-state index contributed by atoms with van der Waals surface area (Å²) in [6.45, 7) is 6.18. The molecule has 1 aliphatic rings. The van der Waals surface area contributed by atoms with Gasteiger partial charge in [0.1, 0.15) is 38.5 Å². The Morgan fingerprint density at radius 1 is 1.04 bits per heavy atom. The lowest BCUT2D eigenvalue weighted by molar-refractivity contribution is -1.02. The van der Waals surface area contributed by atoms with Crippen LogP contribution in [0, 0.1) is 0 Å². The molecule has 1 fully saturated rings. The predicted octanol–water partition coefficient (Wildman–Crippen LogP) is -1.95. The lowest BCUT2D eigenvalue weighted by Gasteiger charge is -2.29. The lowest BCUT2D eigenvalue weighted by atomic mass is 10.2. The fourth-order valence-corrected chi connectivity index (χ4v) is 3.19. The molecular formula is C19H31N3O4+2. The van der Waals surface area contributed by atoms with Crippen molar-refractivity contribution in [2.24, 2.45) is 0 Å². The summed E-state index contributed by atoms with van der Waals surface area (Å²) >= 11 is 0. The van der Waals surface area contributed by atoms with Crippen molar-refractivity contribution >= 4 is 11.9 Å². The average molecular weight is 365 g/mol. The van der Waals surface area contributed by atoms with Gasteiger partial charge in [0.2, 0.25) is 0 Å². The maximum Gasteiger partial charge on any atom is 0.305 e. The van der Waals surface area contributed by atoms with E-state index in [9.17, 15) is 9.59 Å². The first-order valence-electron chi connectivity index (χ1n) is 9.24. The number of methoxy groups -OCH3 is 2. The third-order valence-corrected chi connectivity index (χ3v) is 4.80. The quantitative estimate of drug-likeness (QED) is 0.351. The standard InChI is InChI=1S/C19H29N3O4/c1-25-17-7-5-16(6-8-17)14-21-10-12-22(13-11-21)15-18(23)20-9-3-4-19(24)26-2/h5-8H,3-4,9-15H2,1-2H3,(H,20,23)/p+2. The van der Waals surface area contributed by atoms with Crippen molar-refractivity contribution in [1.29, 1.82) is 0 Å². The average Bonchev–Trinajstić information content (AvgIpc) is 2.67. The number of ether oxygens (including phenoxy) is 2. The van der Waals surface area contributed by atoms with Crippen molar-refractivity contribution in [3.05, 3.63) is 29.8 Å². The normalized spacial score (nSPS) is 19.6. The van der Waals surface area contributed by atoms with E-state index in [0.29, 0.717) is 25.9 Å². The van der Waals surface area contributed by atoms with E-state index in [-0.39, 0.29) is 11.9 Å². The second-order valence-corrected chi connectivity index (χ2v) is 6.73. The molecule has 1 aromatic carbocycles. The fourth-order valence-electron chi connectivity index (χ4n) is 3.19. The van der Waals surface area contributed by atoms with Crippen LogP contribution in [-0.4, -0.2) is 65.4 Å². The van der Waals surface area contributed by atoms with E-state index in [0.717, 1.165) is 38.5 Å². The molecular weight excluding hydrogens is 334 g/mol. The molecule has 0 atom stereocenters. The highest BCUT2D eigenvalue weighted by Crippen LogP contribution is 2.10. The summed E-state index contributed by atoms with van der Waals surface area (Å²) in [5.74, 6) is 0.708. The number of amides is 1. The van der Waals surface area contributed by atoms with Crippen LogP contribution in [0.4, 0.5) is 0 Å². The highest BCUT2D eigenvalue weighted by atomic mass is 16.5. The molecule has 0 aliphatic carbocycles. The topological polar surface area (TPSA) is 73.5 Å². The van der Waals surface area contributed by atoms with Gasteiger partial charge in [0.05, 0.1) is 14.2 Å².